The van der Waals surface area contributed by atoms with Gasteiger partial charge in [0.1, 0.15) is 0 Å². The van der Waals surface area contributed by atoms with Crippen LogP contribution in [0, 0.1) is 0 Å². The van der Waals surface area contributed by atoms with Gasteiger partial charge in [-0.1, -0.05) is 0 Å². The Labute approximate surface area is 118 Å². The zero-order valence-electron chi connectivity index (χ0n) is 9.89. The van der Waals surface area contributed by atoms with E-state index in [9.17, 15) is 0 Å². The zero-order valence-corrected chi connectivity index (χ0v) is 12.4. The summed E-state index contributed by atoms with van der Waals surface area (Å²) in [6.07, 6.45) is 3.54. The van der Waals surface area contributed by atoms with Crippen molar-refractivity contribution in [3.8, 4) is 0 Å². The van der Waals surface area contributed by atoms with Crippen LogP contribution in [-0.2, 0) is 37.1 Å². The maximum absolute atomic E-state index is 2.21. The van der Waals surface area contributed by atoms with Gasteiger partial charge in [-0.2, -0.15) is 0 Å². The molecule has 0 aliphatic heterocycles. The van der Waals surface area contributed by atoms with E-state index in [1.54, 1.807) is 27.4 Å². The van der Waals surface area contributed by atoms with Crippen LogP contribution in [-0.4, -0.2) is 3.21 Å². The van der Waals surface area contributed by atoms with Crippen LogP contribution >= 0.6 is 0 Å². The van der Waals surface area contributed by atoms with Crippen molar-refractivity contribution >= 4 is 3.21 Å². The van der Waals surface area contributed by atoms with Crippen molar-refractivity contribution in [1.29, 1.82) is 0 Å². The van der Waals surface area contributed by atoms with Gasteiger partial charge in [0.25, 0.3) is 0 Å². The van der Waals surface area contributed by atoms with Gasteiger partial charge in [0.2, 0.25) is 0 Å². The molecule has 0 radical (unpaired) electrons. The molecular weight excluding hydrogens is 283 g/mol. The standard InChI is InChI=1S/C16H16.Zr/c1-3-9-15(10-4-1)13-7-8-14-16-11-5-2-6-12-16;/h1-6,9-12H,7,13-14H2;/q;+2. The van der Waals surface area contributed by atoms with E-state index in [2.05, 4.69) is 60.7 Å². The van der Waals surface area contributed by atoms with Crippen molar-refractivity contribution in [2.24, 2.45) is 0 Å². The van der Waals surface area contributed by atoms with Crippen LogP contribution in [0.25, 0.3) is 0 Å². The predicted octanol–water partition coefficient (Wildman–Crippen LogP) is 3.58. The monoisotopic (exact) mass is 298 g/mol. The fraction of sp³-hybridized carbons (Fsp3) is 0.188. The molecule has 0 saturated carbocycles. The van der Waals surface area contributed by atoms with Crippen molar-refractivity contribution in [3.63, 3.8) is 0 Å². The first-order chi connectivity index (χ1) is 8.34. The van der Waals surface area contributed by atoms with E-state index in [0.717, 1.165) is 6.42 Å². The molecule has 0 heterocycles. The first-order valence-corrected chi connectivity index (χ1v) is 7.21. The summed E-state index contributed by atoms with van der Waals surface area (Å²) in [5.74, 6) is 0. The van der Waals surface area contributed by atoms with E-state index in [1.165, 1.54) is 24.0 Å². The number of hydrogen-bond acceptors (Lipinski definition) is 0. The van der Waals surface area contributed by atoms with Crippen LogP contribution in [0.1, 0.15) is 17.5 Å². The molecule has 0 aliphatic carbocycles. The van der Waals surface area contributed by atoms with E-state index in [-0.39, 0.29) is 0 Å². The summed E-state index contributed by atoms with van der Waals surface area (Å²) in [6, 6.07) is 21.5. The summed E-state index contributed by atoms with van der Waals surface area (Å²) in [4.78, 5) is 0. The molecule has 0 amide bonds. The van der Waals surface area contributed by atoms with Gasteiger partial charge in [0, 0.05) is 0 Å². The maximum atomic E-state index is 2.21. The Balaban J connectivity index is 1.83. The van der Waals surface area contributed by atoms with Gasteiger partial charge in [-0.25, -0.2) is 0 Å². The predicted molar refractivity (Wildman–Crippen MR) is 69.9 cm³/mol. The minimum atomic E-state index is 1.14. The normalized spacial score (nSPS) is 10.2. The Morgan fingerprint density at radius 1 is 0.765 bits per heavy atom. The van der Waals surface area contributed by atoms with Gasteiger partial charge >= 0.3 is 118 Å². The molecule has 0 aliphatic rings. The van der Waals surface area contributed by atoms with Crippen molar-refractivity contribution in [2.75, 3.05) is 0 Å². The third-order valence-corrected chi connectivity index (χ3v) is 3.87. The van der Waals surface area contributed by atoms with Crippen LogP contribution < -0.4 is 0 Å². The second kappa shape index (κ2) is 6.81. The Kier molecular flexibility index (Phi) is 5.07. The molecule has 17 heavy (non-hydrogen) atoms. The fourth-order valence-electron chi connectivity index (χ4n) is 1.87. The molecule has 2 rings (SSSR count). The molecule has 0 atom stereocenters. The third-order valence-electron chi connectivity index (χ3n) is 2.82. The van der Waals surface area contributed by atoms with Crippen molar-refractivity contribution < 1.29 is 24.2 Å². The van der Waals surface area contributed by atoms with Gasteiger partial charge in [-0.3, -0.25) is 0 Å². The molecule has 0 spiro atoms. The number of hydrogen-bond donors (Lipinski definition) is 0. The second-order valence-electron chi connectivity index (χ2n) is 4.25. The first-order valence-electron chi connectivity index (χ1n) is 5.99. The number of benzene rings is 2. The average Bonchev–Trinajstić information content (AvgIpc) is 2.39. The van der Waals surface area contributed by atoms with Crippen LogP contribution in [0.5, 0.6) is 0 Å². The summed E-state index contributed by atoms with van der Waals surface area (Å²) >= 11 is 1.57. The van der Waals surface area contributed by atoms with Gasteiger partial charge < -0.3 is 0 Å². The summed E-state index contributed by atoms with van der Waals surface area (Å²) in [6.45, 7) is 0. The molecule has 2 aromatic rings. The quantitative estimate of drug-likeness (QED) is 0.791. The average molecular weight is 300 g/mol. The first kappa shape index (κ1) is 12.6. The van der Waals surface area contributed by atoms with Crippen LogP contribution in [0.2, 0.25) is 0 Å². The van der Waals surface area contributed by atoms with E-state index >= 15 is 0 Å². The van der Waals surface area contributed by atoms with Crippen molar-refractivity contribution in [1.82, 2.24) is 0 Å². The molecule has 0 aromatic heterocycles. The Bertz CT molecular complexity index is 459. The van der Waals surface area contributed by atoms with E-state index in [1.807, 2.05) is 0 Å². The summed E-state index contributed by atoms with van der Waals surface area (Å²) in [5.41, 5.74) is 2.88. The minimum absolute atomic E-state index is 1.14. The summed E-state index contributed by atoms with van der Waals surface area (Å²) in [7, 11) is 0. The second-order valence-corrected chi connectivity index (χ2v) is 5.99. The summed E-state index contributed by atoms with van der Waals surface area (Å²) < 4.78 is 1.65. The van der Waals surface area contributed by atoms with Crippen molar-refractivity contribution in [2.45, 2.75) is 19.3 Å². The van der Waals surface area contributed by atoms with E-state index < -0.39 is 0 Å². The molecule has 1 heteroatoms. The molecular formula is C16H16Zr+2. The molecule has 0 bridgehead atoms. The SMILES string of the molecule is [Zr+2]=[C](CCc1ccccc1)Cc1ccccc1. The Hall–Kier alpha value is -0.807. The van der Waals surface area contributed by atoms with Crippen LogP contribution in [0.15, 0.2) is 60.7 Å². The Morgan fingerprint density at radius 2 is 1.29 bits per heavy atom. The summed E-state index contributed by atoms with van der Waals surface area (Å²) in [5, 5.41) is 0. The van der Waals surface area contributed by atoms with Crippen LogP contribution in [0.4, 0.5) is 0 Å². The van der Waals surface area contributed by atoms with Gasteiger partial charge in [-0.05, 0) is 0 Å². The zero-order chi connectivity index (χ0) is 11.9. The molecule has 82 valence electrons. The molecule has 0 nitrogen and oxygen atoms in total. The van der Waals surface area contributed by atoms with Gasteiger partial charge in [-0.15, -0.1) is 0 Å². The molecule has 0 saturated heterocycles. The van der Waals surface area contributed by atoms with Gasteiger partial charge in [0.05, 0.1) is 0 Å². The molecule has 0 fully saturated rings. The molecule has 0 unspecified atom stereocenters. The Morgan fingerprint density at radius 3 is 1.88 bits per heavy atom. The van der Waals surface area contributed by atoms with E-state index in [0.29, 0.717) is 0 Å². The third kappa shape index (κ3) is 4.52. The molecule has 0 N–H and O–H groups in total. The fourth-order valence-corrected chi connectivity index (χ4v) is 2.68. The van der Waals surface area contributed by atoms with Crippen LogP contribution in [0.3, 0.4) is 0 Å². The number of aryl methyl sites for hydroxylation is 1. The van der Waals surface area contributed by atoms with Gasteiger partial charge in [0.15, 0.2) is 0 Å². The van der Waals surface area contributed by atoms with E-state index in [4.69, 9.17) is 0 Å². The number of rotatable bonds is 5. The topological polar surface area (TPSA) is 0 Å². The van der Waals surface area contributed by atoms with Crippen molar-refractivity contribution in [3.05, 3.63) is 71.8 Å². The molecule has 2 aromatic carbocycles.